The third-order valence-electron chi connectivity index (χ3n) is 1.76. The van der Waals surface area contributed by atoms with Crippen molar-refractivity contribution in [1.82, 2.24) is 0 Å². The number of ether oxygens (including phenoxy) is 1. The van der Waals surface area contributed by atoms with Crippen LogP contribution in [0.15, 0.2) is 30.3 Å². The SMILES string of the molecule is COC(=O)CCC[Se]c1ccccc1. The van der Waals surface area contributed by atoms with Gasteiger partial charge in [0.1, 0.15) is 0 Å². The summed E-state index contributed by atoms with van der Waals surface area (Å²) in [7, 11) is 1.44. The molecular weight excluding hydrogens is 243 g/mol. The molecule has 0 N–H and O–H groups in total. The van der Waals surface area contributed by atoms with E-state index in [4.69, 9.17) is 0 Å². The maximum atomic E-state index is 10.8. The normalized spacial score (nSPS) is 9.79. The van der Waals surface area contributed by atoms with Crippen LogP contribution < -0.4 is 4.46 Å². The van der Waals surface area contributed by atoms with Gasteiger partial charge in [-0.25, -0.2) is 0 Å². The topological polar surface area (TPSA) is 26.3 Å². The van der Waals surface area contributed by atoms with Crippen molar-refractivity contribution < 1.29 is 9.53 Å². The molecule has 0 fully saturated rings. The second-order valence-corrected chi connectivity index (χ2v) is 5.29. The first-order valence-corrected chi connectivity index (χ1v) is 6.64. The zero-order chi connectivity index (χ0) is 10.2. The Bertz CT molecular complexity index is 272. The van der Waals surface area contributed by atoms with Crippen LogP contribution in [0.3, 0.4) is 0 Å². The van der Waals surface area contributed by atoms with Gasteiger partial charge in [-0.05, 0) is 0 Å². The van der Waals surface area contributed by atoms with E-state index in [1.54, 1.807) is 0 Å². The van der Waals surface area contributed by atoms with E-state index in [0.29, 0.717) is 21.4 Å². The zero-order valence-corrected chi connectivity index (χ0v) is 9.95. The fourth-order valence-corrected chi connectivity index (χ4v) is 2.86. The van der Waals surface area contributed by atoms with Gasteiger partial charge in [-0.1, -0.05) is 0 Å². The molecule has 0 aliphatic carbocycles. The van der Waals surface area contributed by atoms with Crippen molar-refractivity contribution in [2.24, 2.45) is 0 Å². The van der Waals surface area contributed by atoms with Gasteiger partial charge in [0.15, 0.2) is 0 Å². The summed E-state index contributed by atoms with van der Waals surface area (Å²) in [5.74, 6) is -0.103. The van der Waals surface area contributed by atoms with E-state index in [2.05, 4.69) is 29.0 Å². The summed E-state index contributed by atoms with van der Waals surface area (Å²) in [5, 5.41) is 1.10. The van der Waals surface area contributed by atoms with Crippen molar-refractivity contribution in [2.45, 2.75) is 18.2 Å². The Labute approximate surface area is 90.8 Å². The molecule has 2 nitrogen and oxygen atoms in total. The molecule has 0 aliphatic heterocycles. The molecule has 0 saturated carbocycles. The number of carbonyl (C=O) groups excluding carboxylic acids is 1. The van der Waals surface area contributed by atoms with Crippen LogP contribution in [0.4, 0.5) is 0 Å². The molecule has 14 heavy (non-hydrogen) atoms. The third kappa shape index (κ3) is 4.45. The van der Waals surface area contributed by atoms with E-state index in [-0.39, 0.29) is 5.97 Å². The van der Waals surface area contributed by atoms with Crippen molar-refractivity contribution >= 4 is 25.4 Å². The Morgan fingerprint density at radius 1 is 1.36 bits per heavy atom. The molecule has 0 radical (unpaired) electrons. The maximum absolute atomic E-state index is 10.8. The Balaban J connectivity index is 2.13. The summed E-state index contributed by atoms with van der Waals surface area (Å²) in [4.78, 5) is 10.8. The average molecular weight is 257 g/mol. The Hall–Kier alpha value is -0.791. The van der Waals surface area contributed by atoms with Crippen molar-refractivity contribution in [3.05, 3.63) is 30.3 Å². The van der Waals surface area contributed by atoms with Gasteiger partial charge >= 0.3 is 90.5 Å². The molecule has 0 saturated heterocycles. The number of rotatable bonds is 5. The summed E-state index contributed by atoms with van der Waals surface area (Å²) in [6, 6.07) is 10.4. The van der Waals surface area contributed by atoms with Gasteiger partial charge in [0.2, 0.25) is 0 Å². The van der Waals surface area contributed by atoms with Gasteiger partial charge in [0, 0.05) is 0 Å². The predicted octanol–water partition coefficient (Wildman–Crippen LogP) is 1.39. The molecule has 0 amide bonds. The van der Waals surface area contributed by atoms with Crippen LogP contribution in [0.1, 0.15) is 12.8 Å². The van der Waals surface area contributed by atoms with Gasteiger partial charge < -0.3 is 0 Å². The van der Waals surface area contributed by atoms with Gasteiger partial charge in [0.25, 0.3) is 0 Å². The number of carbonyl (C=O) groups is 1. The summed E-state index contributed by atoms with van der Waals surface area (Å²) in [5.41, 5.74) is 0. The van der Waals surface area contributed by atoms with Crippen LogP contribution in [-0.2, 0) is 9.53 Å². The number of methoxy groups -OCH3 is 1. The van der Waals surface area contributed by atoms with E-state index >= 15 is 0 Å². The molecule has 3 heteroatoms. The fraction of sp³-hybridized carbons (Fsp3) is 0.364. The van der Waals surface area contributed by atoms with Crippen molar-refractivity contribution in [3.63, 3.8) is 0 Å². The first-order chi connectivity index (χ1) is 6.83. The van der Waals surface area contributed by atoms with E-state index in [9.17, 15) is 4.79 Å². The first kappa shape index (κ1) is 11.3. The number of esters is 1. The number of hydrogen-bond acceptors (Lipinski definition) is 2. The quantitative estimate of drug-likeness (QED) is 0.452. The Morgan fingerprint density at radius 3 is 2.71 bits per heavy atom. The van der Waals surface area contributed by atoms with E-state index in [1.807, 2.05) is 6.07 Å². The summed E-state index contributed by atoms with van der Waals surface area (Å²) in [6.45, 7) is 0. The van der Waals surface area contributed by atoms with Crippen LogP contribution in [-0.4, -0.2) is 28.0 Å². The Morgan fingerprint density at radius 2 is 2.07 bits per heavy atom. The van der Waals surface area contributed by atoms with Gasteiger partial charge in [-0.2, -0.15) is 0 Å². The molecule has 0 atom stereocenters. The fourth-order valence-electron chi connectivity index (χ4n) is 1.03. The van der Waals surface area contributed by atoms with Crippen LogP contribution in [0.2, 0.25) is 5.32 Å². The molecule has 1 aromatic carbocycles. The average Bonchev–Trinajstić information content (AvgIpc) is 2.25. The summed E-state index contributed by atoms with van der Waals surface area (Å²) in [6.07, 6.45) is 1.48. The molecule has 1 aromatic rings. The van der Waals surface area contributed by atoms with Crippen molar-refractivity contribution in [3.8, 4) is 0 Å². The standard InChI is InChI=1S/C11H14O2Se/c1-13-11(12)8-5-9-14-10-6-3-2-4-7-10/h2-4,6-7H,5,8-9H2,1H3. The predicted molar refractivity (Wildman–Crippen MR) is 57.9 cm³/mol. The van der Waals surface area contributed by atoms with E-state index < -0.39 is 0 Å². The van der Waals surface area contributed by atoms with Gasteiger partial charge in [-0.15, -0.1) is 0 Å². The van der Waals surface area contributed by atoms with Gasteiger partial charge in [0.05, 0.1) is 0 Å². The molecule has 0 unspecified atom stereocenters. The van der Waals surface area contributed by atoms with Crippen LogP contribution in [0.5, 0.6) is 0 Å². The molecule has 0 aromatic heterocycles. The number of hydrogen-bond donors (Lipinski definition) is 0. The molecule has 0 aliphatic rings. The summed E-state index contributed by atoms with van der Waals surface area (Å²) >= 11 is 0.495. The molecule has 0 spiro atoms. The van der Waals surface area contributed by atoms with Crippen LogP contribution >= 0.6 is 0 Å². The summed E-state index contributed by atoms with van der Waals surface area (Å²) < 4.78 is 5.96. The molecule has 0 bridgehead atoms. The second-order valence-electron chi connectivity index (χ2n) is 2.84. The van der Waals surface area contributed by atoms with Crippen LogP contribution in [0.25, 0.3) is 0 Å². The second kappa shape index (κ2) is 6.63. The molecule has 1 rings (SSSR count). The van der Waals surface area contributed by atoms with E-state index in [1.165, 1.54) is 11.6 Å². The Kier molecular flexibility index (Phi) is 5.35. The van der Waals surface area contributed by atoms with E-state index in [0.717, 1.165) is 11.7 Å². The van der Waals surface area contributed by atoms with Crippen molar-refractivity contribution in [2.75, 3.05) is 7.11 Å². The van der Waals surface area contributed by atoms with Crippen molar-refractivity contribution in [1.29, 1.82) is 0 Å². The monoisotopic (exact) mass is 258 g/mol. The number of benzene rings is 1. The zero-order valence-electron chi connectivity index (χ0n) is 8.23. The third-order valence-corrected chi connectivity index (χ3v) is 4.07. The minimum atomic E-state index is -0.103. The minimum absolute atomic E-state index is 0.103. The molecule has 76 valence electrons. The van der Waals surface area contributed by atoms with Gasteiger partial charge in [-0.3, -0.25) is 0 Å². The molecule has 0 heterocycles. The van der Waals surface area contributed by atoms with Crippen LogP contribution in [0, 0.1) is 0 Å². The first-order valence-electron chi connectivity index (χ1n) is 4.57. The molecular formula is C11H14O2Se.